The molecule has 1 aliphatic rings. The summed E-state index contributed by atoms with van der Waals surface area (Å²) in [4.78, 5) is 25.7. The lowest BCUT2D eigenvalue weighted by Crippen LogP contribution is -2.24. The Morgan fingerprint density at radius 3 is 2.64 bits per heavy atom. The number of esters is 1. The van der Waals surface area contributed by atoms with Crippen molar-refractivity contribution in [1.29, 1.82) is 0 Å². The number of amides is 1. The average Bonchev–Trinajstić information content (AvgIpc) is 3.06. The predicted molar refractivity (Wildman–Crippen MR) is 95.0 cm³/mol. The van der Waals surface area contributed by atoms with Crippen molar-refractivity contribution >= 4 is 17.6 Å². The second-order valence-electron chi connectivity index (χ2n) is 6.00. The van der Waals surface area contributed by atoms with Crippen molar-refractivity contribution in [2.45, 2.75) is 19.8 Å². The van der Waals surface area contributed by atoms with Crippen LogP contribution in [0.15, 0.2) is 48.5 Å². The topological polar surface area (TPSA) is 55.8 Å². The fourth-order valence-electron chi connectivity index (χ4n) is 2.73. The molecule has 3 rings (SSSR count). The quantitative estimate of drug-likeness (QED) is 0.598. The fourth-order valence-corrected chi connectivity index (χ4v) is 2.73. The molecule has 1 saturated heterocycles. The maximum Gasteiger partial charge on any atom is 0.338 e. The van der Waals surface area contributed by atoms with Gasteiger partial charge in [0.25, 0.3) is 0 Å². The minimum Gasteiger partial charge on any atom is -0.490 e. The molecular formula is C20H21NO4. The van der Waals surface area contributed by atoms with E-state index in [4.69, 9.17) is 9.47 Å². The summed E-state index contributed by atoms with van der Waals surface area (Å²) in [6.45, 7) is 3.16. The highest BCUT2D eigenvalue weighted by molar-refractivity contribution is 5.97. The van der Waals surface area contributed by atoms with Crippen molar-refractivity contribution in [2.24, 2.45) is 0 Å². The first kappa shape index (κ1) is 17.0. The fraction of sp³-hybridized carbons (Fsp3) is 0.300. The molecule has 1 aliphatic heterocycles. The molecule has 0 saturated carbocycles. The molecule has 0 spiro atoms. The number of rotatable bonds is 6. The second kappa shape index (κ2) is 7.83. The average molecular weight is 339 g/mol. The van der Waals surface area contributed by atoms with Gasteiger partial charge < -0.3 is 14.4 Å². The molecule has 5 nitrogen and oxygen atoms in total. The van der Waals surface area contributed by atoms with E-state index in [1.807, 2.05) is 37.3 Å². The van der Waals surface area contributed by atoms with Crippen LogP contribution >= 0.6 is 0 Å². The Balaban J connectivity index is 1.51. The van der Waals surface area contributed by atoms with E-state index in [1.165, 1.54) is 0 Å². The Morgan fingerprint density at radius 1 is 1.12 bits per heavy atom. The van der Waals surface area contributed by atoms with E-state index < -0.39 is 5.97 Å². The Labute approximate surface area is 147 Å². The van der Waals surface area contributed by atoms with Crippen LogP contribution in [0.3, 0.4) is 0 Å². The third-order valence-electron chi connectivity index (χ3n) is 4.07. The summed E-state index contributed by atoms with van der Waals surface area (Å²) in [5.41, 5.74) is 2.34. The van der Waals surface area contributed by atoms with Gasteiger partial charge in [0, 0.05) is 18.7 Å². The summed E-state index contributed by atoms with van der Waals surface area (Å²) in [7, 11) is 0. The number of hydrogen-bond donors (Lipinski definition) is 0. The van der Waals surface area contributed by atoms with Crippen LogP contribution in [0.5, 0.6) is 5.75 Å². The third-order valence-corrected chi connectivity index (χ3v) is 4.07. The molecule has 0 bridgehead atoms. The minimum atomic E-state index is -0.416. The van der Waals surface area contributed by atoms with Gasteiger partial charge in [-0.15, -0.1) is 0 Å². The van der Waals surface area contributed by atoms with Gasteiger partial charge in [-0.2, -0.15) is 0 Å². The summed E-state index contributed by atoms with van der Waals surface area (Å²) in [5, 5.41) is 0. The molecule has 1 amide bonds. The van der Waals surface area contributed by atoms with E-state index in [1.54, 1.807) is 23.1 Å². The summed E-state index contributed by atoms with van der Waals surface area (Å²) >= 11 is 0. The number of ether oxygens (including phenoxy) is 2. The highest BCUT2D eigenvalue weighted by Crippen LogP contribution is 2.22. The zero-order valence-electron chi connectivity index (χ0n) is 14.2. The summed E-state index contributed by atoms with van der Waals surface area (Å²) in [6.07, 6.45) is 1.41. The first-order valence-corrected chi connectivity index (χ1v) is 8.40. The van der Waals surface area contributed by atoms with E-state index in [0.29, 0.717) is 25.1 Å². The lowest BCUT2D eigenvalue weighted by Gasteiger charge is -2.16. The van der Waals surface area contributed by atoms with Crippen molar-refractivity contribution < 1.29 is 19.1 Å². The Morgan fingerprint density at radius 2 is 1.92 bits per heavy atom. The van der Waals surface area contributed by atoms with E-state index >= 15 is 0 Å². The normalized spacial score (nSPS) is 13.8. The molecule has 0 aliphatic carbocycles. The van der Waals surface area contributed by atoms with Gasteiger partial charge in [0.2, 0.25) is 5.91 Å². The number of anilines is 1. The van der Waals surface area contributed by atoms with Crippen LogP contribution in [0, 0.1) is 6.92 Å². The molecule has 0 aromatic heterocycles. The highest BCUT2D eigenvalue weighted by atomic mass is 16.6. The molecule has 25 heavy (non-hydrogen) atoms. The van der Waals surface area contributed by atoms with Gasteiger partial charge in [-0.25, -0.2) is 4.79 Å². The number of aryl methyl sites for hydroxylation is 1. The van der Waals surface area contributed by atoms with Gasteiger partial charge in [-0.05, 0) is 43.7 Å². The molecule has 1 heterocycles. The van der Waals surface area contributed by atoms with Gasteiger partial charge in [0.1, 0.15) is 19.0 Å². The molecule has 2 aromatic rings. The van der Waals surface area contributed by atoms with Crippen molar-refractivity contribution in [3.8, 4) is 5.75 Å². The maximum atomic E-state index is 12.2. The molecule has 0 unspecified atom stereocenters. The maximum absolute atomic E-state index is 12.2. The molecule has 130 valence electrons. The first-order chi connectivity index (χ1) is 12.1. The van der Waals surface area contributed by atoms with Gasteiger partial charge >= 0.3 is 5.97 Å². The number of hydrogen-bond acceptors (Lipinski definition) is 4. The zero-order valence-corrected chi connectivity index (χ0v) is 14.2. The number of carbonyl (C=O) groups is 2. The van der Waals surface area contributed by atoms with Gasteiger partial charge in [-0.1, -0.05) is 23.8 Å². The van der Waals surface area contributed by atoms with E-state index in [-0.39, 0.29) is 12.5 Å². The molecule has 1 fully saturated rings. The van der Waals surface area contributed by atoms with Crippen LogP contribution in [0.1, 0.15) is 28.8 Å². The number of benzene rings is 2. The van der Waals surface area contributed by atoms with Gasteiger partial charge in [0.15, 0.2) is 0 Å². The predicted octanol–water partition coefficient (Wildman–Crippen LogP) is 3.36. The lowest BCUT2D eigenvalue weighted by molar-refractivity contribution is -0.117. The molecule has 2 aromatic carbocycles. The van der Waals surface area contributed by atoms with Crippen molar-refractivity contribution in [2.75, 3.05) is 24.7 Å². The van der Waals surface area contributed by atoms with E-state index in [9.17, 15) is 9.59 Å². The van der Waals surface area contributed by atoms with E-state index in [0.717, 1.165) is 23.4 Å². The zero-order chi connectivity index (χ0) is 17.6. The first-order valence-electron chi connectivity index (χ1n) is 8.40. The summed E-state index contributed by atoms with van der Waals surface area (Å²) < 4.78 is 10.8. The van der Waals surface area contributed by atoms with Crippen molar-refractivity contribution in [1.82, 2.24) is 0 Å². The summed E-state index contributed by atoms with van der Waals surface area (Å²) in [6, 6.07) is 14.7. The Hall–Kier alpha value is -2.82. The standard InChI is InChI=1S/C20H21NO4/c1-15-7-9-18(10-8-15)24-12-13-25-20(23)16-4-2-5-17(14-16)21-11-3-6-19(21)22/h2,4-5,7-10,14H,3,6,11-13H2,1H3. The SMILES string of the molecule is Cc1ccc(OCCOC(=O)c2cccc(N3CCCC3=O)c2)cc1. The van der Waals surface area contributed by atoms with Crippen LogP contribution in [0.4, 0.5) is 5.69 Å². The van der Waals surface area contributed by atoms with E-state index in [2.05, 4.69) is 0 Å². The smallest absolute Gasteiger partial charge is 0.338 e. The van der Waals surface area contributed by atoms with Crippen LogP contribution in [0.2, 0.25) is 0 Å². The lowest BCUT2D eigenvalue weighted by atomic mass is 10.2. The highest BCUT2D eigenvalue weighted by Gasteiger charge is 2.22. The molecular weight excluding hydrogens is 318 g/mol. The molecule has 0 N–H and O–H groups in total. The molecule has 0 atom stereocenters. The molecule has 0 radical (unpaired) electrons. The number of carbonyl (C=O) groups excluding carboxylic acids is 2. The molecule has 5 heteroatoms. The van der Waals surface area contributed by atoms with Crippen molar-refractivity contribution in [3.63, 3.8) is 0 Å². The third kappa shape index (κ3) is 4.38. The largest absolute Gasteiger partial charge is 0.490 e. The second-order valence-corrected chi connectivity index (χ2v) is 6.00. The Kier molecular flexibility index (Phi) is 5.33. The minimum absolute atomic E-state index is 0.0945. The number of nitrogens with zero attached hydrogens (tertiary/aromatic N) is 1. The summed E-state index contributed by atoms with van der Waals surface area (Å²) in [5.74, 6) is 0.425. The van der Waals surface area contributed by atoms with Crippen LogP contribution in [-0.4, -0.2) is 31.6 Å². The van der Waals surface area contributed by atoms with Gasteiger partial charge in [0.05, 0.1) is 5.56 Å². The van der Waals surface area contributed by atoms with Crippen molar-refractivity contribution in [3.05, 3.63) is 59.7 Å². The van der Waals surface area contributed by atoms with Crippen LogP contribution < -0.4 is 9.64 Å². The van der Waals surface area contributed by atoms with Gasteiger partial charge in [-0.3, -0.25) is 4.79 Å². The van der Waals surface area contributed by atoms with Crippen LogP contribution in [-0.2, 0) is 9.53 Å². The Bertz CT molecular complexity index is 755. The monoisotopic (exact) mass is 339 g/mol. The van der Waals surface area contributed by atoms with Crippen LogP contribution in [0.25, 0.3) is 0 Å².